The number of nitrogens with one attached hydrogen (secondary N) is 2. The van der Waals surface area contributed by atoms with E-state index >= 15 is 0 Å². The molecule has 1 saturated heterocycles. The molecule has 2 aromatic heterocycles. The van der Waals surface area contributed by atoms with E-state index in [0.29, 0.717) is 44.2 Å². The van der Waals surface area contributed by atoms with Gasteiger partial charge in [0.05, 0.1) is 45.6 Å². The molecule has 9 nitrogen and oxygen atoms in total. The van der Waals surface area contributed by atoms with Crippen molar-refractivity contribution in [3.05, 3.63) is 105 Å². The maximum Gasteiger partial charge on any atom is 0.141 e. The summed E-state index contributed by atoms with van der Waals surface area (Å²) in [6.07, 6.45) is 5.33. The lowest BCUT2D eigenvalue weighted by Crippen LogP contribution is -2.46. The molecular weight excluding hydrogens is 636 g/mol. The lowest BCUT2D eigenvalue weighted by atomic mass is 9.98. The summed E-state index contributed by atoms with van der Waals surface area (Å²) in [4.78, 5) is 6.93. The Bertz CT molecular complexity index is 2010. The van der Waals surface area contributed by atoms with Gasteiger partial charge in [-0.2, -0.15) is 10.5 Å². The van der Waals surface area contributed by atoms with Gasteiger partial charge < -0.3 is 10.6 Å². The van der Waals surface area contributed by atoms with Gasteiger partial charge in [0.1, 0.15) is 23.6 Å². The smallest absolute Gasteiger partial charge is 0.141 e. The molecule has 3 heterocycles. The molecule has 1 aliphatic heterocycles. The molecule has 6 rings (SSSR count). The summed E-state index contributed by atoms with van der Waals surface area (Å²) < 4.78 is 15.8. The first-order valence-electron chi connectivity index (χ1n) is 15.2. The van der Waals surface area contributed by atoms with Crippen molar-refractivity contribution >= 4 is 51.2 Å². The van der Waals surface area contributed by atoms with Gasteiger partial charge in [-0.1, -0.05) is 40.5 Å². The first-order valence-corrected chi connectivity index (χ1v) is 16.0. The Labute approximate surface area is 282 Å². The van der Waals surface area contributed by atoms with Gasteiger partial charge in [0.2, 0.25) is 0 Å². The third-order valence-corrected chi connectivity index (χ3v) is 9.07. The number of anilines is 3. The van der Waals surface area contributed by atoms with E-state index < -0.39 is 11.9 Å². The quantitative estimate of drug-likeness (QED) is 0.178. The number of likely N-dealkylation sites (tertiary alicyclic amines) is 1. The van der Waals surface area contributed by atoms with Gasteiger partial charge >= 0.3 is 0 Å². The van der Waals surface area contributed by atoms with E-state index in [9.17, 15) is 14.9 Å². The van der Waals surface area contributed by atoms with Crippen LogP contribution >= 0.6 is 23.2 Å². The largest absolute Gasteiger partial charge is 0.373 e. The van der Waals surface area contributed by atoms with Crippen LogP contribution in [0.3, 0.4) is 0 Å². The molecule has 0 radical (unpaired) electrons. The molecule has 5 aromatic rings. The summed E-state index contributed by atoms with van der Waals surface area (Å²) in [6.45, 7) is 8.68. The Morgan fingerprint density at radius 3 is 2.34 bits per heavy atom. The highest BCUT2D eigenvalue weighted by atomic mass is 35.5. The first kappa shape index (κ1) is 32.2. The molecular formula is C35H32Cl2FN9. The number of nitrogens with zero attached hydrogens (tertiary/aromatic N) is 7. The van der Waals surface area contributed by atoms with Crippen molar-refractivity contribution in [1.82, 2.24) is 24.9 Å². The second kappa shape index (κ2) is 13.2. The molecule has 0 bridgehead atoms. The minimum atomic E-state index is -0.559. The van der Waals surface area contributed by atoms with Crippen molar-refractivity contribution in [2.45, 2.75) is 51.2 Å². The lowest BCUT2D eigenvalue weighted by Gasteiger charge is -2.40. The number of nitriles is 2. The minimum Gasteiger partial charge on any atom is -0.373 e. The minimum absolute atomic E-state index is 0.0643. The SMILES string of the molecule is CC(C)(C)N1CCC(n2cc([C@@H](Nc3cc(C#N)c4ncc(C#N)c(Nc5ccc(F)c(Cl)c5)c4c3)c3ccc(Cl)cc3)nn2)CC1. The van der Waals surface area contributed by atoms with Gasteiger partial charge in [0, 0.05) is 46.6 Å². The van der Waals surface area contributed by atoms with Gasteiger partial charge in [0.25, 0.3) is 0 Å². The molecule has 238 valence electrons. The molecule has 1 atom stereocenters. The number of hydrogen-bond acceptors (Lipinski definition) is 8. The lowest BCUT2D eigenvalue weighted by molar-refractivity contribution is 0.0866. The standard InChI is InChI=1S/C35H32Cl2FN9/c1-35(2,3)46-12-10-27(11-13-46)47-20-31(44-45-47)34(21-4-6-24(36)7-5-21)43-26-14-22(17-39)32-28(15-26)33(23(18-40)19-41-32)42-25-8-9-30(38)29(37)16-25/h4-9,14-16,19-20,27,34,43H,10-13H2,1-3H3,(H,41,42)/t34-/m0/s1. The van der Waals surface area contributed by atoms with Crippen LogP contribution < -0.4 is 10.6 Å². The predicted molar refractivity (Wildman–Crippen MR) is 182 cm³/mol. The molecule has 0 unspecified atom stereocenters. The zero-order valence-electron chi connectivity index (χ0n) is 26.1. The topological polar surface area (TPSA) is 118 Å². The van der Waals surface area contributed by atoms with E-state index in [1.54, 1.807) is 6.07 Å². The summed E-state index contributed by atoms with van der Waals surface area (Å²) in [5.41, 5.74) is 4.15. The Balaban J connectivity index is 1.38. The van der Waals surface area contributed by atoms with E-state index in [1.807, 2.05) is 41.2 Å². The fourth-order valence-electron chi connectivity index (χ4n) is 5.96. The number of hydrogen-bond donors (Lipinski definition) is 2. The van der Waals surface area contributed by atoms with Crippen LogP contribution in [0.4, 0.5) is 21.5 Å². The third kappa shape index (κ3) is 6.86. The molecule has 0 amide bonds. The van der Waals surface area contributed by atoms with E-state index in [2.05, 4.69) is 63.7 Å². The molecule has 2 N–H and O–H groups in total. The van der Waals surface area contributed by atoms with E-state index in [1.165, 1.54) is 24.4 Å². The summed E-state index contributed by atoms with van der Waals surface area (Å²) in [5.74, 6) is -0.559. The highest BCUT2D eigenvalue weighted by molar-refractivity contribution is 6.31. The Hall–Kier alpha value is -4.74. The van der Waals surface area contributed by atoms with Gasteiger partial charge in [-0.3, -0.25) is 9.88 Å². The van der Waals surface area contributed by atoms with Crippen LogP contribution in [0.2, 0.25) is 10.0 Å². The predicted octanol–water partition coefficient (Wildman–Crippen LogP) is 8.40. The summed E-state index contributed by atoms with van der Waals surface area (Å²) in [5, 5.41) is 37.1. The summed E-state index contributed by atoms with van der Waals surface area (Å²) >= 11 is 12.3. The maximum atomic E-state index is 13.9. The number of pyridine rings is 1. The molecule has 12 heteroatoms. The zero-order chi connectivity index (χ0) is 33.3. The normalized spacial score (nSPS) is 14.8. The Kier molecular flexibility index (Phi) is 9.03. The highest BCUT2D eigenvalue weighted by Crippen LogP contribution is 2.36. The van der Waals surface area contributed by atoms with Gasteiger partial charge in [-0.05, 0) is 81.6 Å². The molecule has 0 spiro atoms. The van der Waals surface area contributed by atoms with Crippen molar-refractivity contribution in [2.75, 3.05) is 23.7 Å². The van der Waals surface area contributed by atoms with Crippen molar-refractivity contribution < 1.29 is 4.39 Å². The second-order valence-electron chi connectivity index (χ2n) is 12.6. The van der Waals surface area contributed by atoms with E-state index in [-0.39, 0.29) is 22.2 Å². The van der Waals surface area contributed by atoms with Crippen molar-refractivity contribution in [3.8, 4) is 12.1 Å². The fourth-order valence-corrected chi connectivity index (χ4v) is 6.27. The monoisotopic (exact) mass is 667 g/mol. The average Bonchev–Trinajstić information content (AvgIpc) is 3.55. The number of fused-ring (bicyclic) bond motifs is 1. The third-order valence-electron chi connectivity index (χ3n) is 8.53. The fraction of sp³-hybridized carbons (Fsp3) is 0.286. The Morgan fingerprint density at radius 2 is 1.68 bits per heavy atom. The maximum absolute atomic E-state index is 13.9. The number of piperidine rings is 1. The number of benzene rings is 3. The average molecular weight is 669 g/mol. The van der Waals surface area contributed by atoms with Crippen LogP contribution in [-0.2, 0) is 0 Å². The van der Waals surface area contributed by atoms with Gasteiger partial charge in [-0.15, -0.1) is 5.10 Å². The van der Waals surface area contributed by atoms with Crippen molar-refractivity contribution in [1.29, 1.82) is 10.5 Å². The van der Waals surface area contributed by atoms with Crippen molar-refractivity contribution in [2.24, 2.45) is 0 Å². The molecule has 0 saturated carbocycles. The Morgan fingerprint density at radius 1 is 0.957 bits per heavy atom. The second-order valence-corrected chi connectivity index (χ2v) is 13.4. The van der Waals surface area contributed by atoms with Crippen LogP contribution in [0.25, 0.3) is 10.9 Å². The van der Waals surface area contributed by atoms with E-state index in [4.69, 9.17) is 23.2 Å². The highest BCUT2D eigenvalue weighted by Gasteiger charge is 2.29. The number of aromatic nitrogens is 4. The van der Waals surface area contributed by atoms with Crippen LogP contribution in [0.5, 0.6) is 0 Å². The summed E-state index contributed by atoms with van der Waals surface area (Å²) in [6, 6.07) is 19.4. The molecule has 3 aromatic carbocycles. The molecule has 0 aliphatic carbocycles. The van der Waals surface area contributed by atoms with E-state index in [0.717, 1.165) is 31.5 Å². The molecule has 47 heavy (non-hydrogen) atoms. The van der Waals surface area contributed by atoms with Gasteiger partial charge in [0.15, 0.2) is 0 Å². The van der Waals surface area contributed by atoms with Crippen LogP contribution in [0.15, 0.2) is 67.0 Å². The zero-order valence-corrected chi connectivity index (χ0v) is 27.6. The number of halogens is 3. The van der Waals surface area contributed by atoms with Gasteiger partial charge in [-0.25, -0.2) is 9.07 Å². The van der Waals surface area contributed by atoms with Crippen molar-refractivity contribution in [3.63, 3.8) is 0 Å². The molecule has 1 fully saturated rings. The van der Waals surface area contributed by atoms with Crippen LogP contribution in [-0.4, -0.2) is 43.5 Å². The summed E-state index contributed by atoms with van der Waals surface area (Å²) in [7, 11) is 0. The number of rotatable bonds is 7. The molecule has 1 aliphatic rings. The first-order chi connectivity index (χ1) is 22.5. The van der Waals surface area contributed by atoms with Crippen LogP contribution in [0.1, 0.15) is 68.1 Å². The van der Waals surface area contributed by atoms with Crippen LogP contribution in [0, 0.1) is 28.5 Å².